The molecule has 8 heteroatoms. The molecule has 0 aromatic heterocycles. The van der Waals surface area contributed by atoms with Gasteiger partial charge in [0.05, 0.1) is 6.54 Å². The van der Waals surface area contributed by atoms with Crippen LogP contribution in [0.1, 0.15) is 19.4 Å². The zero-order chi connectivity index (χ0) is 17.9. The van der Waals surface area contributed by atoms with E-state index in [1.54, 1.807) is 11.9 Å². The molecule has 1 heterocycles. The van der Waals surface area contributed by atoms with Gasteiger partial charge in [-0.3, -0.25) is 15.6 Å². The van der Waals surface area contributed by atoms with Gasteiger partial charge in [0, 0.05) is 32.7 Å². The smallest absolute Gasteiger partial charge is 0.237 e. The van der Waals surface area contributed by atoms with Crippen molar-refractivity contribution in [3.8, 4) is 0 Å². The Kier molecular flexibility index (Phi) is 5.97. The number of carbonyl (C=O) groups excluding carboxylic acids is 1. The first-order valence-electron chi connectivity index (χ1n) is 7.97. The minimum atomic E-state index is -3.58. The Hall–Kier alpha value is -1.48. The highest BCUT2D eigenvalue weighted by molar-refractivity contribution is 7.89. The molecule has 1 aliphatic heterocycles. The number of hydrogen-bond donors (Lipinski definition) is 2. The maximum Gasteiger partial charge on any atom is 0.237 e. The number of amides is 1. The average Bonchev–Trinajstić information content (AvgIpc) is 2.87. The van der Waals surface area contributed by atoms with E-state index >= 15 is 0 Å². The minimum Gasteiger partial charge on any atom is -0.340 e. The number of benzene rings is 1. The van der Waals surface area contributed by atoms with Crippen molar-refractivity contribution in [2.24, 2.45) is 0 Å². The SMILES string of the molecule is CC1NNC(C)C1S(=O)(=O)N(C)CC(=O)N(C)Cc1ccccc1. The molecule has 0 bridgehead atoms. The Balaban J connectivity index is 2.00. The molecule has 7 nitrogen and oxygen atoms in total. The van der Waals surface area contributed by atoms with E-state index < -0.39 is 15.3 Å². The lowest BCUT2D eigenvalue weighted by atomic mass is 10.2. The molecule has 0 saturated carbocycles. The topological polar surface area (TPSA) is 81.7 Å². The summed E-state index contributed by atoms with van der Waals surface area (Å²) in [5.74, 6) is -0.232. The first-order valence-corrected chi connectivity index (χ1v) is 9.48. The van der Waals surface area contributed by atoms with Crippen molar-refractivity contribution in [3.05, 3.63) is 35.9 Å². The van der Waals surface area contributed by atoms with Crippen molar-refractivity contribution in [2.75, 3.05) is 20.6 Å². The summed E-state index contributed by atoms with van der Waals surface area (Å²) >= 11 is 0. The van der Waals surface area contributed by atoms with Crippen LogP contribution in [0.25, 0.3) is 0 Å². The summed E-state index contributed by atoms with van der Waals surface area (Å²) in [5, 5.41) is -0.602. The normalized spacial score (nSPS) is 24.3. The predicted molar refractivity (Wildman–Crippen MR) is 93.4 cm³/mol. The van der Waals surface area contributed by atoms with Gasteiger partial charge in [-0.15, -0.1) is 0 Å². The summed E-state index contributed by atoms with van der Waals surface area (Å²) in [6.07, 6.45) is 0. The third-order valence-electron chi connectivity index (χ3n) is 4.35. The van der Waals surface area contributed by atoms with E-state index in [0.717, 1.165) is 9.87 Å². The van der Waals surface area contributed by atoms with Crippen molar-refractivity contribution in [1.82, 2.24) is 20.1 Å². The van der Waals surface area contributed by atoms with Gasteiger partial charge in [0.25, 0.3) is 0 Å². The van der Waals surface area contributed by atoms with Crippen LogP contribution in [0.5, 0.6) is 0 Å². The molecule has 1 aromatic rings. The molecule has 2 N–H and O–H groups in total. The van der Waals surface area contributed by atoms with Crippen LogP contribution in [0.4, 0.5) is 0 Å². The van der Waals surface area contributed by atoms with Gasteiger partial charge < -0.3 is 4.90 Å². The highest BCUT2D eigenvalue weighted by Gasteiger charge is 2.42. The molecular formula is C16H26N4O3S. The Labute approximate surface area is 144 Å². The Bertz CT molecular complexity index is 655. The molecule has 0 aliphatic carbocycles. The van der Waals surface area contributed by atoms with Gasteiger partial charge in [-0.1, -0.05) is 30.3 Å². The van der Waals surface area contributed by atoms with Gasteiger partial charge in [0.15, 0.2) is 0 Å². The molecule has 1 aromatic carbocycles. The van der Waals surface area contributed by atoms with Crippen LogP contribution < -0.4 is 10.9 Å². The quantitative estimate of drug-likeness (QED) is 0.761. The fraction of sp³-hybridized carbons (Fsp3) is 0.562. The second kappa shape index (κ2) is 7.60. The Morgan fingerprint density at radius 3 is 2.17 bits per heavy atom. The van der Waals surface area contributed by atoms with E-state index in [0.29, 0.717) is 6.54 Å². The summed E-state index contributed by atoms with van der Waals surface area (Å²) in [6.45, 7) is 3.92. The lowest BCUT2D eigenvalue weighted by Crippen LogP contribution is -2.48. The molecule has 1 aliphatic rings. The molecule has 2 unspecified atom stereocenters. The predicted octanol–water partition coefficient (Wildman–Crippen LogP) is 0.160. The van der Waals surface area contributed by atoms with Crippen LogP contribution in [0.3, 0.4) is 0 Å². The fourth-order valence-corrected chi connectivity index (χ4v) is 4.80. The highest BCUT2D eigenvalue weighted by Crippen LogP contribution is 2.19. The molecule has 1 amide bonds. The molecule has 24 heavy (non-hydrogen) atoms. The number of sulfonamides is 1. The summed E-state index contributed by atoms with van der Waals surface area (Å²) in [6, 6.07) is 9.17. The molecular weight excluding hydrogens is 328 g/mol. The van der Waals surface area contributed by atoms with Crippen molar-refractivity contribution in [1.29, 1.82) is 0 Å². The summed E-state index contributed by atoms with van der Waals surface area (Å²) in [5.41, 5.74) is 6.88. The van der Waals surface area contributed by atoms with Crippen molar-refractivity contribution in [2.45, 2.75) is 37.7 Å². The van der Waals surface area contributed by atoms with Crippen LogP contribution in [0.15, 0.2) is 30.3 Å². The maximum absolute atomic E-state index is 12.7. The third kappa shape index (κ3) is 4.13. The van der Waals surface area contributed by atoms with Crippen LogP contribution in [0.2, 0.25) is 0 Å². The van der Waals surface area contributed by atoms with Gasteiger partial charge in [-0.05, 0) is 19.4 Å². The van der Waals surface area contributed by atoms with E-state index in [1.807, 2.05) is 44.2 Å². The number of hydrazine groups is 1. The maximum atomic E-state index is 12.7. The monoisotopic (exact) mass is 354 g/mol. The first-order chi connectivity index (χ1) is 11.2. The standard InChI is InChI=1S/C16H26N4O3S/c1-12-16(13(2)18-17-12)24(22,23)20(4)11-15(21)19(3)10-14-8-6-5-7-9-14/h5-9,12-13,16-18H,10-11H2,1-4H3. The van der Waals surface area contributed by atoms with E-state index in [1.165, 1.54) is 7.05 Å². The second-order valence-electron chi connectivity index (χ2n) is 6.37. The Morgan fingerprint density at radius 2 is 1.62 bits per heavy atom. The fourth-order valence-electron chi connectivity index (χ4n) is 2.93. The molecule has 134 valence electrons. The number of nitrogens with one attached hydrogen (secondary N) is 2. The molecule has 0 spiro atoms. The minimum absolute atomic E-state index is 0.165. The molecule has 2 rings (SSSR count). The van der Waals surface area contributed by atoms with Gasteiger partial charge in [0.2, 0.25) is 15.9 Å². The Morgan fingerprint density at radius 1 is 1.08 bits per heavy atom. The number of hydrogen-bond acceptors (Lipinski definition) is 5. The largest absolute Gasteiger partial charge is 0.340 e. The van der Waals surface area contributed by atoms with Crippen LogP contribution in [0, 0.1) is 0 Å². The summed E-state index contributed by atoms with van der Waals surface area (Å²) in [4.78, 5) is 13.9. The number of carbonyl (C=O) groups is 1. The number of likely N-dealkylation sites (N-methyl/N-ethyl adjacent to an activating group) is 2. The average molecular weight is 354 g/mol. The highest BCUT2D eigenvalue weighted by atomic mass is 32.2. The van der Waals surface area contributed by atoms with Crippen molar-refractivity contribution in [3.63, 3.8) is 0 Å². The van der Waals surface area contributed by atoms with E-state index in [4.69, 9.17) is 0 Å². The zero-order valence-electron chi connectivity index (χ0n) is 14.6. The van der Waals surface area contributed by atoms with Gasteiger partial charge in [-0.25, -0.2) is 8.42 Å². The molecule has 2 atom stereocenters. The molecule has 1 fully saturated rings. The summed E-state index contributed by atoms with van der Waals surface area (Å²) in [7, 11) is -0.438. The van der Waals surface area contributed by atoms with E-state index in [9.17, 15) is 13.2 Å². The number of rotatable bonds is 6. The lowest BCUT2D eigenvalue weighted by Gasteiger charge is -2.27. The molecule has 1 saturated heterocycles. The lowest BCUT2D eigenvalue weighted by molar-refractivity contribution is -0.130. The van der Waals surface area contributed by atoms with Gasteiger partial charge >= 0.3 is 0 Å². The van der Waals surface area contributed by atoms with Crippen LogP contribution in [-0.2, 0) is 21.4 Å². The second-order valence-corrected chi connectivity index (χ2v) is 8.56. The van der Waals surface area contributed by atoms with Crippen LogP contribution >= 0.6 is 0 Å². The van der Waals surface area contributed by atoms with Crippen molar-refractivity contribution < 1.29 is 13.2 Å². The van der Waals surface area contributed by atoms with Gasteiger partial charge in [0.1, 0.15) is 5.25 Å². The first kappa shape index (κ1) is 18.9. The van der Waals surface area contributed by atoms with E-state index in [-0.39, 0.29) is 24.5 Å². The zero-order valence-corrected chi connectivity index (χ0v) is 15.4. The number of nitrogens with zero attached hydrogens (tertiary/aromatic N) is 2. The molecule has 0 radical (unpaired) electrons. The van der Waals surface area contributed by atoms with Crippen LogP contribution in [-0.4, -0.2) is 61.5 Å². The third-order valence-corrected chi connectivity index (χ3v) is 6.85. The summed E-state index contributed by atoms with van der Waals surface area (Å²) < 4.78 is 26.6. The van der Waals surface area contributed by atoms with E-state index in [2.05, 4.69) is 10.9 Å². The van der Waals surface area contributed by atoms with Gasteiger partial charge in [-0.2, -0.15) is 4.31 Å². The van der Waals surface area contributed by atoms with Crippen molar-refractivity contribution >= 4 is 15.9 Å².